The van der Waals surface area contributed by atoms with E-state index >= 15 is 0 Å². The Kier molecular flexibility index (Phi) is 4.43. The van der Waals surface area contributed by atoms with Gasteiger partial charge in [-0.25, -0.2) is 8.42 Å². The molecule has 0 aromatic heterocycles. The van der Waals surface area contributed by atoms with Gasteiger partial charge in [0.25, 0.3) is 0 Å². The summed E-state index contributed by atoms with van der Waals surface area (Å²) in [5, 5.41) is 9.02. The Balaban J connectivity index is 2.88. The quantitative estimate of drug-likeness (QED) is 0.849. The SMILES string of the molecule is CC1CCC(C(=O)O)CN1S(=O)(=O)CC(C)(C)C. The Hall–Kier alpha value is -0.620. The summed E-state index contributed by atoms with van der Waals surface area (Å²) in [7, 11) is -3.39. The molecule has 1 aliphatic heterocycles. The summed E-state index contributed by atoms with van der Waals surface area (Å²) in [6.07, 6.45) is 1.17. The summed E-state index contributed by atoms with van der Waals surface area (Å²) in [4.78, 5) is 11.0. The van der Waals surface area contributed by atoms with Crippen LogP contribution in [-0.4, -0.2) is 42.1 Å². The molecule has 0 aromatic rings. The Labute approximate surface area is 109 Å². The summed E-state index contributed by atoms with van der Waals surface area (Å²) >= 11 is 0. The molecule has 0 aliphatic carbocycles. The molecule has 0 aromatic carbocycles. The molecule has 1 fully saturated rings. The van der Waals surface area contributed by atoms with Crippen LogP contribution < -0.4 is 0 Å². The van der Waals surface area contributed by atoms with Crippen molar-refractivity contribution in [3.63, 3.8) is 0 Å². The van der Waals surface area contributed by atoms with Gasteiger partial charge in [0, 0.05) is 12.6 Å². The topological polar surface area (TPSA) is 74.7 Å². The first kappa shape index (κ1) is 15.4. The van der Waals surface area contributed by atoms with Crippen LogP contribution in [0.4, 0.5) is 0 Å². The maximum atomic E-state index is 12.3. The molecule has 1 rings (SSSR count). The van der Waals surface area contributed by atoms with Crippen molar-refractivity contribution >= 4 is 16.0 Å². The molecule has 1 aliphatic rings. The van der Waals surface area contributed by atoms with Crippen LogP contribution in [0.15, 0.2) is 0 Å². The van der Waals surface area contributed by atoms with Crippen molar-refractivity contribution in [2.24, 2.45) is 11.3 Å². The molecule has 0 spiro atoms. The smallest absolute Gasteiger partial charge is 0.307 e. The lowest BCUT2D eigenvalue weighted by atomic mass is 9.96. The van der Waals surface area contributed by atoms with Gasteiger partial charge in [-0.2, -0.15) is 4.31 Å². The Bertz CT molecular complexity index is 410. The maximum absolute atomic E-state index is 12.3. The highest BCUT2D eigenvalue weighted by atomic mass is 32.2. The van der Waals surface area contributed by atoms with Crippen molar-refractivity contribution in [3.05, 3.63) is 0 Å². The van der Waals surface area contributed by atoms with Crippen LogP contribution in [0.5, 0.6) is 0 Å². The summed E-state index contributed by atoms with van der Waals surface area (Å²) < 4.78 is 26.0. The Morgan fingerprint density at radius 3 is 2.33 bits per heavy atom. The van der Waals surface area contributed by atoms with E-state index in [0.717, 1.165) is 0 Å². The average molecular weight is 277 g/mol. The minimum absolute atomic E-state index is 0.0523. The minimum Gasteiger partial charge on any atom is -0.481 e. The van der Waals surface area contributed by atoms with Crippen LogP contribution in [0.1, 0.15) is 40.5 Å². The van der Waals surface area contributed by atoms with E-state index in [4.69, 9.17) is 5.11 Å². The standard InChI is InChI=1S/C12H23NO4S/c1-9-5-6-10(11(14)15)7-13(9)18(16,17)8-12(2,3)4/h9-10H,5-8H2,1-4H3,(H,14,15). The predicted octanol–water partition coefficient (Wildman–Crippen LogP) is 1.55. The van der Waals surface area contributed by atoms with Gasteiger partial charge in [0.1, 0.15) is 0 Å². The van der Waals surface area contributed by atoms with Gasteiger partial charge in [-0.15, -0.1) is 0 Å². The third kappa shape index (κ3) is 3.95. The number of hydrogen-bond donors (Lipinski definition) is 1. The van der Waals surface area contributed by atoms with E-state index in [9.17, 15) is 13.2 Å². The predicted molar refractivity (Wildman–Crippen MR) is 69.8 cm³/mol. The van der Waals surface area contributed by atoms with Crippen LogP contribution in [0.3, 0.4) is 0 Å². The second-order valence-corrected chi connectivity index (χ2v) is 8.27. The molecule has 0 bridgehead atoms. The fraction of sp³-hybridized carbons (Fsp3) is 0.917. The lowest BCUT2D eigenvalue weighted by Crippen LogP contribution is -2.49. The summed E-state index contributed by atoms with van der Waals surface area (Å²) in [5.41, 5.74) is -0.325. The number of carbonyl (C=O) groups is 1. The van der Waals surface area contributed by atoms with Crippen LogP contribution in [-0.2, 0) is 14.8 Å². The number of carboxylic acids is 1. The number of hydrogen-bond acceptors (Lipinski definition) is 3. The first-order chi connectivity index (χ1) is 8.03. The van der Waals surface area contributed by atoms with Gasteiger partial charge in [0.15, 0.2) is 0 Å². The lowest BCUT2D eigenvalue weighted by Gasteiger charge is -2.36. The second kappa shape index (κ2) is 5.17. The third-order valence-corrected chi connectivity index (χ3v) is 5.60. The summed E-state index contributed by atoms with van der Waals surface area (Å²) in [6, 6.07) is -0.104. The van der Waals surface area contributed by atoms with Gasteiger partial charge < -0.3 is 5.11 Å². The van der Waals surface area contributed by atoms with E-state index in [1.807, 2.05) is 27.7 Å². The van der Waals surface area contributed by atoms with Crippen molar-refractivity contribution < 1.29 is 18.3 Å². The monoisotopic (exact) mass is 277 g/mol. The van der Waals surface area contributed by atoms with Crippen molar-refractivity contribution in [1.82, 2.24) is 4.31 Å². The molecule has 106 valence electrons. The van der Waals surface area contributed by atoms with Crippen molar-refractivity contribution in [2.75, 3.05) is 12.3 Å². The second-order valence-electron chi connectivity index (χ2n) is 6.35. The Morgan fingerprint density at radius 2 is 1.89 bits per heavy atom. The van der Waals surface area contributed by atoms with Gasteiger partial charge in [-0.05, 0) is 25.2 Å². The lowest BCUT2D eigenvalue weighted by molar-refractivity contribution is -0.143. The molecule has 6 heteroatoms. The molecule has 2 atom stereocenters. The highest BCUT2D eigenvalue weighted by Crippen LogP contribution is 2.27. The number of carboxylic acid groups (broad SMARTS) is 1. The van der Waals surface area contributed by atoms with Crippen LogP contribution >= 0.6 is 0 Å². The highest BCUT2D eigenvalue weighted by Gasteiger charge is 2.38. The van der Waals surface area contributed by atoms with Gasteiger partial charge in [-0.1, -0.05) is 20.8 Å². The van der Waals surface area contributed by atoms with E-state index in [0.29, 0.717) is 12.8 Å². The van der Waals surface area contributed by atoms with E-state index in [1.165, 1.54) is 4.31 Å². The molecule has 0 saturated carbocycles. The molecular formula is C12H23NO4S. The Morgan fingerprint density at radius 1 is 1.33 bits per heavy atom. The van der Waals surface area contributed by atoms with Gasteiger partial charge >= 0.3 is 5.97 Å². The zero-order valence-corrected chi connectivity index (χ0v) is 12.3. The molecule has 5 nitrogen and oxygen atoms in total. The number of aliphatic carboxylic acids is 1. The van der Waals surface area contributed by atoms with E-state index in [2.05, 4.69) is 0 Å². The van der Waals surface area contributed by atoms with Gasteiger partial charge in [0.05, 0.1) is 11.7 Å². The molecule has 1 heterocycles. The molecule has 2 unspecified atom stereocenters. The number of rotatable bonds is 3. The summed E-state index contributed by atoms with van der Waals surface area (Å²) in [5.74, 6) is -1.43. The van der Waals surface area contributed by atoms with Gasteiger partial charge in [0.2, 0.25) is 10.0 Å². The number of piperidine rings is 1. The molecule has 18 heavy (non-hydrogen) atoms. The number of nitrogens with zero attached hydrogens (tertiary/aromatic N) is 1. The van der Waals surface area contributed by atoms with Crippen molar-refractivity contribution in [2.45, 2.75) is 46.6 Å². The first-order valence-corrected chi connectivity index (χ1v) is 7.86. The van der Waals surface area contributed by atoms with Gasteiger partial charge in [-0.3, -0.25) is 4.79 Å². The fourth-order valence-electron chi connectivity index (χ4n) is 2.29. The van der Waals surface area contributed by atoms with E-state index in [-0.39, 0.29) is 23.8 Å². The number of sulfonamides is 1. The van der Waals surface area contributed by atoms with Crippen LogP contribution in [0.2, 0.25) is 0 Å². The maximum Gasteiger partial charge on any atom is 0.307 e. The van der Waals surface area contributed by atoms with Crippen LogP contribution in [0.25, 0.3) is 0 Å². The third-order valence-electron chi connectivity index (χ3n) is 3.15. The van der Waals surface area contributed by atoms with Crippen molar-refractivity contribution in [1.29, 1.82) is 0 Å². The zero-order valence-electron chi connectivity index (χ0n) is 11.5. The first-order valence-electron chi connectivity index (χ1n) is 6.25. The van der Waals surface area contributed by atoms with E-state index < -0.39 is 21.9 Å². The normalized spacial score (nSPS) is 27.1. The van der Waals surface area contributed by atoms with Crippen LogP contribution in [0, 0.1) is 11.3 Å². The molecule has 0 amide bonds. The average Bonchev–Trinajstić information content (AvgIpc) is 2.13. The molecule has 1 saturated heterocycles. The summed E-state index contributed by atoms with van der Waals surface area (Å²) in [6.45, 7) is 7.56. The molecule has 1 N–H and O–H groups in total. The minimum atomic E-state index is -3.39. The fourth-order valence-corrected chi connectivity index (χ4v) is 4.62. The zero-order chi connectivity index (χ0) is 14.1. The van der Waals surface area contributed by atoms with Crippen molar-refractivity contribution in [3.8, 4) is 0 Å². The largest absolute Gasteiger partial charge is 0.481 e. The molecule has 0 radical (unpaired) electrons. The highest BCUT2D eigenvalue weighted by molar-refractivity contribution is 7.89. The van der Waals surface area contributed by atoms with E-state index in [1.54, 1.807) is 0 Å². The molecular weight excluding hydrogens is 254 g/mol.